The Morgan fingerprint density at radius 3 is 1.96 bits per heavy atom. The van der Waals surface area contributed by atoms with Crippen molar-refractivity contribution in [2.45, 2.75) is 49.9 Å². The van der Waals surface area contributed by atoms with Gasteiger partial charge in [0, 0.05) is 29.9 Å². The van der Waals surface area contributed by atoms with Gasteiger partial charge in [-0.25, -0.2) is 4.79 Å². The number of carboxylic acid groups (broad SMARTS) is 1. The fourth-order valence-corrected chi connectivity index (χ4v) is 4.99. The third-order valence-electron chi connectivity index (χ3n) is 7.40. The smallest absolute Gasteiger partial charge is 0.326 e. The van der Waals surface area contributed by atoms with Crippen molar-refractivity contribution in [3.63, 3.8) is 0 Å². The molecule has 4 rings (SSSR count). The van der Waals surface area contributed by atoms with E-state index in [0.29, 0.717) is 16.7 Å². The van der Waals surface area contributed by atoms with Gasteiger partial charge in [0.15, 0.2) is 0 Å². The van der Waals surface area contributed by atoms with Gasteiger partial charge in [0.05, 0.1) is 12.5 Å². The van der Waals surface area contributed by atoms with Crippen LogP contribution < -0.4 is 27.4 Å². The van der Waals surface area contributed by atoms with Crippen molar-refractivity contribution in [3.8, 4) is 5.75 Å². The van der Waals surface area contributed by atoms with Gasteiger partial charge in [-0.15, -0.1) is 0 Å². The van der Waals surface area contributed by atoms with Crippen LogP contribution in [0.3, 0.4) is 0 Å². The second-order valence-electron chi connectivity index (χ2n) is 10.9. The van der Waals surface area contributed by atoms with Crippen molar-refractivity contribution in [3.05, 3.63) is 102 Å². The molecule has 4 unspecified atom stereocenters. The van der Waals surface area contributed by atoms with Crippen molar-refractivity contribution in [1.82, 2.24) is 20.9 Å². The second kappa shape index (κ2) is 15.3. The fraction of sp³-hybridized carbons (Fsp3) is 0.242. The van der Waals surface area contributed by atoms with E-state index in [4.69, 9.17) is 11.5 Å². The van der Waals surface area contributed by atoms with Crippen molar-refractivity contribution in [2.75, 3.05) is 0 Å². The number of para-hydroxylation sites is 1. The number of phenols is 1. The Balaban J connectivity index is 1.49. The zero-order valence-corrected chi connectivity index (χ0v) is 24.8. The average molecular weight is 629 g/mol. The summed E-state index contributed by atoms with van der Waals surface area (Å²) in [6.07, 6.45) is 1.09. The Bertz CT molecular complexity index is 1690. The molecule has 0 saturated carbocycles. The lowest BCUT2D eigenvalue weighted by Crippen LogP contribution is -2.58. The molecular formula is C33H36N6O7. The highest BCUT2D eigenvalue weighted by Crippen LogP contribution is 2.19. The minimum atomic E-state index is -1.53. The Morgan fingerprint density at radius 2 is 1.28 bits per heavy atom. The van der Waals surface area contributed by atoms with Crippen LogP contribution in [0.4, 0.5) is 0 Å². The van der Waals surface area contributed by atoms with Crippen LogP contribution in [0, 0.1) is 0 Å². The summed E-state index contributed by atoms with van der Waals surface area (Å²) in [5.74, 6) is -4.57. The molecule has 4 aromatic rings. The number of hydrogen-bond acceptors (Lipinski definition) is 7. The summed E-state index contributed by atoms with van der Waals surface area (Å²) in [5.41, 5.74) is 14.3. The van der Waals surface area contributed by atoms with E-state index in [9.17, 15) is 34.2 Å². The third kappa shape index (κ3) is 9.16. The number of carbonyl (C=O) groups excluding carboxylic acids is 4. The number of fused-ring (bicyclic) bond motifs is 1. The molecule has 0 aliphatic heterocycles. The van der Waals surface area contributed by atoms with Crippen LogP contribution in [0.1, 0.15) is 23.1 Å². The molecule has 240 valence electrons. The Labute approximate surface area is 264 Å². The van der Waals surface area contributed by atoms with Gasteiger partial charge in [-0.3, -0.25) is 19.2 Å². The van der Waals surface area contributed by atoms with E-state index >= 15 is 0 Å². The average Bonchev–Trinajstić information content (AvgIpc) is 3.44. The molecular weight excluding hydrogens is 592 g/mol. The molecule has 0 aliphatic carbocycles. The molecule has 4 amide bonds. The van der Waals surface area contributed by atoms with Crippen molar-refractivity contribution >= 4 is 40.5 Å². The Morgan fingerprint density at radius 1 is 0.696 bits per heavy atom. The van der Waals surface area contributed by atoms with Gasteiger partial charge in [-0.1, -0.05) is 60.7 Å². The Kier molecular flexibility index (Phi) is 11.1. The summed E-state index contributed by atoms with van der Waals surface area (Å²) in [7, 11) is 0. The van der Waals surface area contributed by atoms with Gasteiger partial charge >= 0.3 is 5.97 Å². The van der Waals surface area contributed by atoms with Crippen LogP contribution in [0.25, 0.3) is 10.9 Å². The molecule has 1 aromatic heterocycles. The number of aliphatic carboxylic acids is 1. The van der Waals surface area contributed by atoms with Gasteiger partial charge in [0.25, 0.3) is 0 Å². The molecule has 13 heteroatoms. The van der Waals surface area contributed by atoms with Crippen LogP contribution in [0.2, 0.25) is 0 Å². The van der Waals surface area contributed by atoms with Gasteiger partial charge in [0.1, 0.15) is 23.9 Å². The number of benzene rings is 3. The zero-order valence-electron chi connectivity index (χ0n) is 24.8. The number of aromatic hydroxyl groups is 1. The zero-order chi connectivity index (χ0) is 33.2. The van der Waals surface area contributed by atoms with E-state index in [1.807, 2.05) is 18.2 Å². The fourth-order valence-electron chi connectivity index (χ4n) is 4.99. The van der Waals surface area contributed by atoms with Crippen LogP contribution in [0.5, 0.6) is 5.75 Å². The number of aromatic amines is 1. The van der Waals surface area contributed by atoms with E-state index in [0.717, 1.165) is 10.9 Å². The molecule has 4 atom stereocenters. The number of H-pyrrole nitrogens is 1. The number of phenolic OH excluding ortho intramolecular Hbond substituents is 1. The number of primary amides is 1. The number of nitrogens with two attached hydrogens (primary N) is 2. The molecule has 1 heterocycles. The topological polar surface area (TPSA) is 230 Å². The summed E-state index contributed by atoms with van der Waals surface area (Å²) in [5, 5.41) is 27.7. The van der Waals surface area contributed by atoms with Gasteiger partial charge < -0.3 is 42.6 Å². The summed E-state index contributed by atoms with van der Waals surface area (Å²) in [6, 6.07) is 17.0. The standard InChI is InChI=1S/C33H36N6O7/c34-24(14-20-10-12-22(40)13-11-20)30(42)37-26(15-19-6-2-1-3-7-19)31(43)38-27(17-29(35)41)32(44)39-28(33(45)46)16-21-18-36-25-9-5-4-8-23(21)25/h1-13,18,24,26-28,36,40H,14-17,34H2,(H2,35,41)(H,37,42)(H,38,43)(H,39,44)(H,45,46). The molecule has 0 spiro atoms. The van der Waals surface area contributed by atoms with E-state index in [1.54, 1.807) is 54.7 Å². The lowest BCUT2D eigenvalue weighted by molar-refractivity contribution is -0.142. The summed E-state index contributed by atoms with van der Waals surface area (Å²) in [6.45, 7) is 0. The molecule has 0 saturated heterocycles. The maximum absolute atomic E-state index is 13.6. The van der Waals surface area contributed by atoms with Crippen molar-refractivity contribution < 1.29 is 34.2 Å². The van der Waals surface area contributed by atoms with E-state index in [-0.39, 0.29) is 25.0 Å². The number of carboxylic acids is 1. The lowest BCUT2D eigenvalue weighted by atomic mass is 10.0. The molecule has 0 fully saturated rings. The molecule has 10 N–H and O–H groups in total. The first-order valence-electron chi connectivity index (χ1n) is 14.5. The molecule has 0 aliphatic rings. The van der Waals surface area contributed by atoms with Crippen LogP contribution in [0.15, 0.2) is 85.1 Å². The first-order chi connectivity index (χ1) is 22.0. The molecule has 13 nitrogen and oxygen atoms in total. The van der Waals surface area contributed by atoms with E-state index in [1.165, 1.54) is 12.1 Å². The predicted molar refractivity (Wildman–Crippen MR) is 169 cm³/mol. The minimum absolute atomic E-state index is 0.0214. The number of carbonyl (C=O) groups is 5. The van der Waals surface area contributed by atoms with Crippen molar-refractivity contribution in [2.24, 2.45) is 11.5 Å². The summed E-state index contributed by atoms with van der Waals surface area (Å²) in [4.78, 5) is 67.1. The van der Waals surface area contributed by atoms with Crippen LogP contribution >= 0.6 is 0 Å². The van der Waals surface area contributed by atoms with Gasteiger partial charge in [-0.05, 0) is 41.3 Å². The van der Waals surface area contributed by atoms with E-state index < -0.39 is 60.2 Å². The third-order valence-corrected chi connectivity index (χ3v) is 7.40. The molecule has 0 radical (unpaired) electrons. The van der Waals surface area contributed by atoms with Gasteiger partial charge in [-0.2, -0.15) is 0 Å². The van der Waals surface area contributed by atoms with Crippen LogP contribution in [-0.4, -0.2) is 69.0 Å². The Hall–Kier alpha value is -5.69. The van der Waals surface area contributed by atoms with Crippen LogP contribution in [-0.2, 0) is 43.2 Å². The monoisotopic (exact) mass is 628 g/mol. The largest absolute Gasteiger partial charge is 0.508 e. The maximum Gasteiger partial charge on any atom is 0.326 e. The number of rotatable bonds is 15. The first kappa shape index (κ1) is 33.2. The first-order valence-corrected chi connectivity index (χ1v) is 14.5. The van der Waals surface area contributed by atoms with E-state index in [2.05, 4.69) is 20.9 Å². The molecule has 46 heavy (non-hydrogen) atoms. The minimum Gasteiger partial charge on any atom is -0.508 e. The maximum atomic E-state index is 13.6. The highest BCUT2D eigenvalue weighted by atomic mass is 16.4. The normalized spacial score (nSPS) is 13.6. The number of amides is 4. The molecule has 0 bridgehead atoms. The molecule has 3 aromatic carbocycles. The number of aromatic nitrogens is 1. The number of nitrogens with one attached hydrogen (secondary N) is 4. The summed E-state index contributed by atoms with van der Waals surface area (Å²) >= 11 is 0. The van der Waals surface area contributed by atoms with Gasteiger partial charge in [0.2, 0.25) is 23.6 Å². The SMILES string of the molecule is NC(=O)CC(NC(=O)C(Cc1ccccc1)NC(=O)C(N)Cc1ccc(O)cc1)C(=O)NC(Cc1c[nH]c2ccccc12)C(=O)O. The second-order valence-corrected chi connectivity index (χ2v) is 10.9. The predicted octanol–water partition coefficient (Wildman–Crippen LogP) is 0.643. The lowest BCUT2D eigenvalue weighted by Gasteiger charge is -2.25. The summed E-state index contributed by atoms with van der Waals surface area (Å²) < 4.78 is 0. The highest BCUT2D eigenvalue weighted by Gasteiger charge is 2.32. The number of hydrogen-bond donors (Lipinski definition) is 8. The quantitative estimate of drug-likeness (QED) is 0.0929. The van der Waals surface area contributed by atoms with Crippen molar-refractivity contribution in [1.29, 1.82) is 0 Å². The highest BCUT2D eigenvalue weighted by molar-refractivity contribution is 5.96.